The second-order valence-corrected chi connectivity index (χ2v) is 6.72. The van der Waals surface area contributed by atoms with Crippen LogP contribution in [0.4, 0.5) is 4.39 Å². The van der Waals surface area contributed by atoms with Gasteiger partial charge in [0.1, 0.15) is 5.82 Å². The minimum atomic E-state index is -0.277. The van der Waals surface area contributed by atoms with E-state index in [0.29, 0.717) is 11.8 Å². The molecule has 1 saturated carbocycles. The Kier molecular flexibility index (Phi) is 5.71. The Morgan fingerprint density at radius 2 is 2.00 bits per heavy atom. The van der Waals surface area contributed by atoms with Crippen LogP contribution in [-0.2, 0) is 0 Å². The molecule has 1 heterocycles. The summed E-state index contributed by atoms with van der Waals surface area (Å²) in [6.07, 6.45) is 3.97. The molecule has 2 atom stereocenters. The fraction of sp³-hybridized carbons (Fsp3) is 0.706. The Morgan fingerprint density at radius 3 is 2.48 bits per heavy atom. The third-order valence-electron chi connectivity index (χ3n) is 4.13. The molecule has 1 fully saturated rings. The molecule has 0 aromatic carbocycles. The molecule has 1 aromatic heterocycles. The van der Waals surface area contributed by atoms with Gasteiger partial charge < -0.3 is 5.32 Å². The van der Waals surface area contributed by atoms with Crippen molar-refractivity contribution >= 4 is 0 Å². The lowest BCUT2D eigenvalue weighted by Crippen LogP contribution is -2.38. The van der Waals surface area contributed by atoms with E-state index in [2.05, 4.69) is 36.0 Å². The van der Waals surface area contributed by atoms with Crippen LogP contribution in [0.2, 0.25) is 0 Å². The molecule has 0 amide bonds. The predicted octanol–water partition coefficient (Wildman–Crippen LogP) is 3.24. The van der Waals surface area contributed by atoms with Crippen molar-refractivity contribution in [1.29, 1.82) is 0 Å². The first-order chi connectivity index (χ1) is 10.0. The molecule has 0 saturated heterocycles. The van der Waals surface area contributed by atoms with Gasteiger partial charge in [0.2, 0.25) is 0 Å². The van der Waals surface area contributed by atoms with Gasteiger partial charge in [0.25, 0.3) is 0 Å². The van der Waals surface area contributed by atoms with E-state index in [4.69, 9.17) is 0 Å². The summed E-state index contributed by atoms with van der Waals surface area (Å²) in [6.45, 7) is 9.02. The lowest BCUT2D eigenvalue weighted by Gasteiger charge is -2.31. The number of hydrogen-bond acceptors (Lipinski definition) is 3. The van der Waals surface area contributed by atoms with E-state index in [-0.39, 0.29) is 11.9 Å². The van der Waals surface area contributed by atoms with Crippen LogP contribution >= 0.6 is 0 Å². The topological polar surface area (TPSA) is 28.2 Å². The van der Waals surface area contributed by atoms with Crippen molar-refractivity contribution in [3.05, 3.63) is 29.8 Å². The SMILES string of the molecule is CNC(c1ccc(F)cn1)C(C)CN(CC(C)C)C1CC1. The van der Waals surface area contributed by atoms with Crippen molar-refractivity contribution in [2.24, 2.45) is 11.8 Å². The Balaban J connectivity index is 2.01. The molecule has 0 radical (unpaired) electrons. The first-order valence-electron chi connectivity index (χ1n) is 8.04. The van der Waals surface area contributed by atoms with Crippen molar-refractivity contribution < 1.29 is 4.39 Å². The van der Waals surface area contributed by atoms with Crippen molar-refractivity contribution in [2.45, 2.75) is 45.7 Å². The van der Waals surface area contributed by atoms with Gasteiger partial charge in [0.05, 0.1) is 17.9 Å². The highest BCUT2D eigenvalue weighted by Gasteiger charge is 2.31. The van der Waals surface area contributed by atoms with Gasteiger partial charge in [-0.2, -0.15) is 0 Å². The summed E-state index contributed by atoms with van der Waals surface area (Å²) in [5, 5.41) is 3.34. The average molecular weight is 293 g/mol. The standard InChI is InChI=1S/C17H28FN3/c1-12(2)10-21(15-6-7-15)11-13(3)17(19-4)16-8-5-14(18)9-20-16/h5,8-9,12-13,15,17,19H,6-7,10-11H2,1-4H3. The molecule has 2 rings (SSSR count). The average Bonchev–Trinajstić information content (AvgIpc) is 3.25. The lowest BCUT2D eigenvalue weighted by molar-refractivity contribution is 0.185. The van der Waals surface area contributed by atoms with Crippen LogP contribution in [0.1, 0.15) is 45.3 Å². The summed E-state index contributed by atoms with van der Waals surface area (Å²) in [7, 11) is 1.95. The Morgan fingerprint density at radius 1 is 1.29 bits per heavy atom. The summed E-state index contributed by atoms with van der Waals surface area (Å²) in [5.41, 5.74) is 0.923. The fourth-order valence-corrected chi connectivity index (χ4v) is 3.05. The summed E-state index contributed by atoms with van der Waals surface area (Å²) < 4.78 is 13.0. The minimum absolute atomic E-state index is 0.166. The van der Waals surface area contributed by atoms with E-state index < -0.39 is 0 Å². The quantitative estimate of drug-likeness (QED) is 0.797. The smallest absolute Gasteiger partial charge is 0.141 e. The highest BCUT2D eigenvalue weighted by atomic mass is 19.1. The first-order valence-corrected chi connectivity index (χ1v) is 8.04. The van der Waals surface area contributed by atoms with Crippen molar-refractivity contribution in [3.63, 3.8) is 0 Å². The highest BCUT2D eigenvalue weighted by Crippen LogP contribution is 2.30. The number of hydrogen-bond donors (Lipinski definition) is 1. The van der Waals surface area contributed by atoms with Crippen LogP contribution in [-0.4, -0.2) is 36.1 Å². The van der Waals surface area contributed by atoms with Gasteiger partial charge in [0.15, 0.2) is 0 Å². The number of pyridine rings is 1. The molecule has 1 aliphatic rings. The molecule has 1 N–H and O–H groups in total. The molecule has 0 aliphatic heterocycles. The van der Waals surface area contributed by atoms with Crippen LogP contribution < -0.4 is 5.32 Å². The lowest BCUT2D eigenvalue weighted by atomic mass is 9.97. The molecule has 1 aliphatic carbocycles. The van der Waals surface area contributed by atoms with Crippen LogP contribution in [0.5, 0.6) is 0 Å². The van der Waals surface area contributed by atoms with Crippen molar-refractivity contribution in [2.75, 3.05) is 20.1 Å². The van der Waals surface area contributed by atoms with E-state index >= 15 is 0 Å². The molecular formula is C17H28FN3. The molecular weight excluding hydrogens is 265 g/mol. The van der Waals surface area contributed by atoms with Crippen LogP contribution in [0.25, 0.3) is 0 Å². The van der Waals surface area contributed by atoms with Crippen LogP contribution in [0, 0.1) is 17.7 Å². The van der Waals surface area contributed by atoms with Crippen molar-refractivity contribution in [1.82, 2.24) is 15.2 Å². The number of nitrogens with zero attached hydrogens (tertiary/aromatic N) is 2. The molecule has 2 unspecified atom stereocenters. The molecule has 21 heavy (non-hydrogen) atoms. The maximum Gasteiger partial charge on any atom is 0.141 e. The summed E-state index contributed by atoms with van der Waals surface area (Å²) in [5.74, 6) is 0.850. The molecule has 3 nitrogen and oxygen atoms in total. The first kappa shape index (κ1) is 16.4. The van der Waals surface area contributed by atoms with Gasteiger partial charge >= 0.3 is 0 Å². The van der Waals surface area contributed by atoms with Gasteiger partial charge in [-0.05, 0) is 43.9 Å². The Labute approximate surface area is 127 Å². The largest absolute Gasteiger partial charge is 0.311 e. The molecule has 4 heteroatoms. The summed E-state index contributed by atoms with van der Waals surface area (Å²) >= 11 is 0. The second-order valence-electron chi connectivity index (χ2n) is 6.72. The maximum absolute atomic E-state index is 13.0. The number of aromatic nitrogens is 1. The van der Waals surface area contributed by atoms with Gasteiger partial charge in [-0.1, -0.05) is 20.8 Å². The monoisotopic (exact) mass is 293 g/mol. The third kappa shape index (κ3) is 4.75. The highest BCUT2D eigenvalue weighted by molar-refractivity contribution is 5.11. The van der Waals surface area contributed by atoms with E-state index in [1.807, 2.05) is 7.05 Å². The van der Waals surface area contributed by atoms with E-state index in [0.717, 1.165) is 24.8 Å². The predicted molar refractivity (Wildman–Crippen MR) is 84.6 cm³/mol. The van der Waals surface area contributed by atoms with Crippen LogP contribution in [0.3, 0.4) is 0 Å². The number of rotatable bonds is 8. The zero-order valence-corrected chi connectivity index (χ0v) is 13.6. The zero-order chi connectivity index (χ0) is 15.4. The van der Waals surface area contributed by atoms with Crippen LogP contribution in [0.15, 0.2) is 18.3 Å². The molecule has 118 valence electrons. The fourth-order valence-electron chi connectivity index (χ4n) is 3.05. The van der Waals surface area contributed by atoms with Gasteiger partial charge in [-0.25, -0.2) is 4.39 Å². The van der Waals surface area contributed by atoms with Gasteiger partial charge in [-0.3, -0.25) is 9.88 Å². The summed E-state index contributed by atoms with van der Waals surface area (Å²) in [4.78, 5) is 6.86. The third-order valence-corrected chi connectivity index (χ3v) is 4.13. The Hall–Kier alpha value is -1.00. The zero-order valence-electron chi connectivity index (χ0n) is 13.6. The normalized spacial score (nSPS) is 18.2. The molecule has 0 bridgehead atoms. The van der Waals surface area contributed by atoms with Gasteiger partial charge in [-0.15, -0.1) is 0 Å². The second kappa shape index (κ2) is 7.32. The minimum Gasteiger partial charge on any atom is -0.311 e. The maximum atomic E-state index is 13.0. The molecule has 1 aromatic rings. The van der Waals surface area contributed by atoms with E-state index in [1.165, 1.54) is 25.1 Å². The summed E-state index contributed by atoms with van der Waals surface area (Å²) in [6, 6.07) is 4.22. The molecule has 0 spiro atoms. The Bertz CT molecular complexity index is 428. The van der Waals surface area contributed by atoms with E-state index in [9.17, 15) is 4.39 Å². The van der Waals surface area contributed by atoms with Gasteiger partial charge in [0, 0.05) is 19.1 Å². The number of nitrogens with one attached hydrogen (secondary N) is 1. The van der Waals surface area contributed by atoms with Crippen molar-refractivity contribution in [3.8, 4) is 0 Å². The van der Waals surface area contributed by atoms with E-state index in [1.54, 1.807) is 6.07 Å². The number of halogens is 1.